The van der Waals surface area contributed by atoms with Crippen LogP contribution in [0.15, 0.2) is 71.6 Å². The number of aliphatic hydroxyl groups excluding tert-OH is 1. The van der Waals surface area contributed by atoms with Gasteiger partial charge in [0.1, 0.15) is 12.1 Å². The molecule has 0 saturated carbocycles. The summed E-state index contributed by atoms with van der Waals surface area (Å²) in [5.74, 6) is 0.721. The summed E-state index contributed by atoms with van der Waals surface area (Å²) in [6, 6.07) is 18.3. The number of aromatic nitrogens is 3. The van der Waals surface area contributed by atoms with Crippen molar-refractivity contribution in [2.45, 2.75) is 0 Å². The molecule has 130 valence electrons. The highest BCUT2D eigenvalue weighted by Crippen LogP contribution is 2.35. The van der Waals surface area contributed by atoms with Crippen LogP contribution in [0.2, 0.25) is 0 Å². The summed E-state index contributed by atoms with van der Waals surface area (Å²) >= 11 is 3.48. The smallest absolute Gasteiger partial charge is 0.150 e. The van der Waals surface area contributed by atoms with Crippen molar-refractivity contribution < 1.29 is 5.11 Å². The van der Waals surface area contributed by atoms with Crippen LogP contribution in [0, 0.1) is 0 Å². The normalized spacial score (nSPS) is 11.0. The van der Waals surface area contributed by atoms with Crippen molar-refractivity contribution in [3.05, 3.63) is 71.6 Å². The Bertz CT molecular complexity index is 1030. The molecule has 0 radical (unpaired) electrons. The molecule has 4 aromatic rings. The highest BCUT2D eigenvalue weighted by molar-refractivity contribution is 9.10. The Labute approximate surface area is 159 Å². The average molecular weight is 409 g/mol. The van der Waals surface area contributed by atoms with Gasteiger partial charge in [-0.05, 0) is 29.8 Å². The molecule has 5 nitrogen and oxygen atoms in total. The third-order valence-electron chi connectivity index (χ3n) is 4.18. The molecule has 2 N–H and O–H groups in total. The van der Waals surface area contributed by atoms with E-state index in [-0.39, 0.29) is 6.61 Å². The first-order valence-electron chi connectivity index (χ1n) is 8.30. The summed E-state index contributed by atoms with van der Waals surface area (Å²) in [6.45, 7) is 0.476. The molecule has 0 fully saturated rings. The zero-order valence-corrected chi connectivity index (χ0v) is 15.5. The maximum absolute atomic E-state index is 9.18. The minimum Gasteiger partial charge on any atom is -0.395 e. The van der Waals surface area contributed by atoms with Crippen LogP contribution in [-0.4, -0.2) is 32.8 Å². The second kappa shape index (κ2) is 7.27. The van der Waals surface area contributed by atoms with Crippen LogP contribution in [0.1, 0.15) is 0 Å². The maximum atomic E-state index is 9.18. The van der Waals surface area contributed by atoms with E-state index in [1.165, 1.54) is 0 Å². The number of hydrogen-bond acceptors (Lipinski definition) is 4. The summed E-state index contributed by atoms with van der Waals surface area (Å²) in [7, 11) is 0. The Morgan fingerprint density at radius 2 is 1.77 bits per heavy atom. The SMILES string of the molecule is OCCNc1ncnc2c1c(-c1ccccc1)cn2-c1ccc(Br)cc1. The predicted octanol–water partition coefficient (Wildman–Crippen LogP) is 4.25. The lowest BCUT2D eigenvalue weighted by atomic mass is 10.1. The Kier molecular flexibility index (Phi) is 4.69. The first-order valence-corrected chi connectivity index (χ1v) is 9.09. The number of aliphatic hydroxyl groups is 1. The van der Waals surface area contributed by atoms with E-state index in [1.807, 2.05) is 42.5 Å². The zero-order chi connectivity index (χ0) is 17.9. The van der Waals surface area contributed by atoms with E-state index in [4.69, 9.17) is 0 Å². The molecule has 0 spiro atoms. The number of halogens is 1. The predicted molar refractivity (Wildman–Crippen MR) is 108 cm³/mol. The summed E-state index contributed by atoms with van der Waals surface area (Å²) in [5, 5.41) is 13.3. The van der Waals surface area contributed by atoms with E-state index >= 15 is 0 Å². The minimum atomic E-state index is 0.0413. The molecule has 2 aromatic heterocycles. The number of rotatable bonds is 5. The van der Waals surface area contributed by atoms with Crippen molar-refractivity contribution in [2.75, 3.05) is 18.5 Å². The molecule has 2 heterocycles. The summed E-state index contributed by atoms with van der Waals surface area (Å²) < 4.78 is 3.09. The molecule has 4 rings (SSSR count). The number of anilines is 1. The Morgan fingerprint density at radius 1 is 1.00 bits per heavy atom. The third-order valence-corrected chi connectivity index (χ3v) is 4.71. The van der Waals surface area contributed by atoms with Crippen molar-refractivity contribution in [3.63, 3.8) is 0 Å². The molecule has 0 unspecified atom stereocenters. The fourth-order valence-corrected chi connectivity index (χ4v) is 3.27. The first-order chi connectivity index (χ1) is 12.8. The van der Waals surface area contributed by atoms with Crippen LogP contribution in [-0.2, 0) is 0 Å². The molecule has 0 atom stereocenters. The van der Waals surface area contributed by atoms with Gasteiger partial charge in [0.2, 0.25) is 0 Å². The van der Waals surface area contributed by atoms with Crippen LogP contribution < -0.4 is 5.32 Å². The second-order valence-corrected chi connectivity index (χ2v) is 6.74. The molecule has 0 aliphatic carbocycles. The summed E-state index contributed by atoms with van der Waals surface area (Å²) in [4.78, 5) is 8.93. The van der Waals surface area contributed by atoms with Gasteiger partial charge in [0.25, 0.3) is 0 Å². The Hall–Kier alpha value is -2.70. The van der Waals surface area contributed by atoms with Gasteiger partial charge in [0, 0.05) is 28.5 Å². The molecule has 0 aliphatic heterocycles. The second-order valence-electron chi connectivity index (χ2n) is 5.83. The number of nitrogens with zero attached hydrogens (tertiary/aromatic N) is 3. The van der Waals surface area contributed by atoms with Crippen molar-refractivity contribution in [3.8, 4) is 16.8 Å². The molecule has 26 heavy (non-hydrogen) atoms. The standard InChI is InChI=1S/C20H17BrN4O/c21-15-6-8-16(9-7-15)25-12-17(14-4-2-1-3-5-14)18-19(22-10-11-26)23-13-24-20(18)25/h1-9,12-13,26H,10-11H2,(H,22,23,24). The lowest BCUT2D eigenvalue weighted by Gasteiger charge is -2.07. The van der Waals surface area contributed by atoms with Crippen LogP contribution in [0.3, 0.4) is 0 Å². The van der Waals surface area contributed by atoms with E-state index in [0.717, 1.165) is 38.1 Å². The number of nitrogens with one attached hydrogen (secondary N) is 1. The van der Waals surface area contributed by atoms with E-state index in [9.17, 15) is 5.11 Å². The van der Waals surface area contributed by atoms with E-state index < -0.39 is 0 Å². The molecular weight excluding hydrogens is 392 g/mol. The van der Waals surface area contributed by atoms with Crippen LogP contribution in [0.25, 0.3) is 27.8 Å². The van der Waals surface area contributed by atoms with Crippen molar-refractivity contribution in [1.29, 1.82) is 0 Å². The van der Waals surface area contributed by atoms with E-state index in [1.54, 1.807) is 6.33 Å². The quantitative estimate of drug-likeness (QED) is 0.517. The number of fused-ring (bicyclic) bond motifs is 1. The largest absolute Gasteiger partial charge is 0.395 e. The third kappa shape index (κ3) is 3.09. The fraction of sp³-hybridized carbons (Fsp3) is 0.100. The van der Waals surface area contributed by atoms with Gasteiger partial charge in [-0.2, -0.15) is 0 Å². The van der Waals surface area contributed by atoms with Gasteiger partial charge in [-0.15, -0.1) is 0 Å². The Morgan fingerprint density at radius 3 is 2.50 bits per heavy atom. The monoisotopic (exact) mass is 408 g/mol. The van der Waals surface area contributed by atoms with E-state index in [2.05, 4.69) is 54.1 Å². The van der Waals surface area contributed by atoms with E-state index in [0.29, 0.717) is 6.54 Å². The first kappa shape index (κ1) is 16.8. The molecule has 2 aromatic carbocycles. The van der Waals surface area contributed by atoms with Crippen LogP contribution in [0.5, 0.6) is 0 Å². The maximum Gasteiger partial charge on any atom is 0.150 e. The molecule has 0 aliphatic rings. The highest BCUT2D eigenvalue weighted by atomic mass is 79.9. The van der Waals surface area contributed by atoms with Crippen molar-refractivity contribution in [2.24, 2.45) is 0 Å². The van der Waals surface area contributed by atoms with Gasteiger partial charge >= 0.3 is 0 Å². The van der Waals surface area contributed by atoms with Crippen molar-refractivity contribution >= 4 is 32.8 Å². The summed E-state index contributed by atoms with van der Waals surface area (Å²) in [6.07, 6.45) is 3.63. The van der Waals surface area contributed by atoms with Crippen LogP contribution in [0.4, 0.5) is 5.82 Å². The molecule has 0 saturated heterocycles. The minimum absolute atomic E-state index is 0.0413. The van der Waals surface area contributed by atoms with Gasteiger partial charge < -0.3 is 15.0 Å². The summed E-state index contributed by atoms with van der Waals surface area (Å²) in [5.41, 5.74) is 3.98. The Balaban J connectivity index is 1.98. The fourth-order valence-electron chi connectivity index (χ4n) is 3.01. The number of hydrogen-bond donors (Lipinski definition) is 2. The highest BCUT2D eigenvalue weighted by Gasteiger charge is 2.17. The topological polar surface area (TPSA) is 63.0 Å². The zero-order valence-electron chi connectivity index (χ0n) is 13.9. The van der Waals surface area contributed by atoms with Crippen LogP contribution >= 0.6 is 15.9 Å². The van der Waals surface area contributed by atoms with Gasteiger partial charge in [0.05, 0.1) is 12.0 Å². The molecule has 0 bridgehead atoms. The van der Waals surface area contributed by atoms with Gasteiger partial charge in [-0.25, -0.2) is 9.97 Å². The molecule has 0 amide bonds. The van der Waals surface area contributed by atoms with Gasteiger partial charge in [-0.1, -0.05) is 46.3 Å². The van der Waals surface area contributed by atoms with Gasteiger partial charge in [-0.3, -0.25) is 0 Å². The molecular formula is C20H17BrN4O. The lowest BCUT2D eigenvalue weighted by molar-refractivity contribution is 0.311. The lowest BCUT2D eigenvalue weighted by Crippen LogP contribution is -2.07. The van der Waals surface area contributed by atoms with Crippen molar-refractivity contribution in [1.82, 2.24) is 14.5 Å². The molecule has 6 heteroatoms. The number of benzene rings is 2. The van der Waals surface area contributed by atoms with Gasteiger partial charge in [0.15, 0.2) is 5.65 Å². The average Bonchev–Trinajstić information content (AvgIpc) is 3.08.